The third-order valence-corrected chi connectivity index (χ3v) is 6.47. The van der Waals surface area contributed by atoms with E-state index in [-0.39, 0.29) is 12.1 Å². The molecule has 0 saturated carbocycles. The predicted octanol–water partition coefficient (Wildman–Crippen LogP) is 5.53. The highest BCUT2D eigenvalue weighted by atomic mass is 32.2. The van der Waals surface area contributed by atoms with Crippen LogP contribution in [0.5, 0.6) is 0 Å². The van der Waals surface area contributed by atoms with Crippen molar-refractivity contribution in [2.24, 2.45) is 0 Å². The Hall–Kier alpha value is -2.99. The summed E-state index contributed by atoms with van der Waals surface area (Å²) in [5.41, 5.74) is 4.68. The maximum absolute atomic E-state index is 12.7. The number of methoxy groups -OCH3 is 1. The van der Waals surface area contributed by atoms with Crippen LogP contribution in [0.2, 0.25) is 0 Å². The molecule has 0 aliphatic carbocycles. The van der Waals surface area contributed by atoms with Crippen LogP contribution in [-0.4, -0.2) is 43.5 Å². The molecule has 4 rings (SSSR count). The molecule has 0 N–H and O–H groups in total. The smallest absolute Gasteiger partial charge is 0.410 e. The first-order valence-corrected chi connectivity index (χ1v) is 11.5. The van der Waals surface area contributed by atoms with Crippen molar-refractivity contribution in [1.82, 2.24) is 4.90 Å². The molecule has 3 aromatic carbocycles. The van der Waals surface area contributed by atoms with Gasteiger partial charge in [-0.2, -0.15) is 0 Å². The van der Waals surface area contributed by atoms with Gasteiger partial charge in [0.15, 0.2) is 0 Å². The van der Waals surface area contributed by atoms with Gasteiger partial charge in [-0.25, -0.2) is 9.59 Å². The lowest BCUT2D eigenvalue weighted by Gasteiger charge is -2.32. The first kappa shape index (κ1) is 21.2. The van der Waals surface area contributed by atoms with Crippen LogP contribution in [0.4, 0.5) is 4.79 Å². The van der Waals surface area contributed by atoms with E-state index in [0.717, 1.165) is 37.9 Å². The molecule has 6 heteroatoms. The topological polar surface area (TPSA) is 55.8 Å². The minimum atomic E-state index is -0.338. The van der Waals surface area contributed by atoms with Crippen LogP contribution in [-0.2, 0) is 22.4 Å². The number of benzene rings is 3. The first-order valence-electron chi connectivity index (χ1n) is 10.3. The lowest BCUT2D eigenvalue weighted by molar-refractivity contribution is 0.0594. The summed E-state index contributed by atoms with van der Waals surface area (Å²) >= 11 is 1.54. The van der Waals surface area contributed by atoms with Gasteiger partial charge in [-0.15, -0.1) is 11.8 Å². The molecule has 0 atom stereocenters. The minimum Gasteiger partial charge on any atom is -0.465 e. The highest BCUT2D eigenvalue weighted by Crippen LogP contribution is 2.40. The number of rotatable bonds is 4. The summed E-state index contributed by atoms with van der Waals surface area (Å²) in [6.07, 6.45) is 2.21. The number of hydrogen-bond donors (Lipinski definition) is 0. The van der Waals surface area contributed by atoms with E-state index >= 15 is 0 Å². The minimum absolute atomic E-state index is 0.328. The summed E-state index contributed by atoms with van der Waals surface area (Å²) in [6.45, 7) is 3.03. The summed E-state index contributed by atoms with van der Waals surface area (Å²) in [7, 11) is 1.41. The number of esters is 1. The Morgan fingerprint density at radius 2 is 1.84 bits per heavy atom. The zero-order chi connectivity index (χ0) is 22.0. The number of carbonyl (C=O) groups excluding carboxylic acids is 2. The van der Waals surface area contributed by atoms with Crippen LogP contribution in [0.15, 0.2) is 53.4 Å². The van der Waals surface area contributed by atoms with Gasteiger partial charge < -0.3 is 14.4 Å². The zero-order valence-corrected chi connectivity index (χ0v) is 18.8. The van der Waals surface area contributed by atoms with Crippen molar-refractivity contribution in [3.63, 3.8) is 0 Å². The number of fused-ring (bicyclic) bond motifs is 2. The summed E-state index contributed by atoms with van der Waals surface area (Å²) in [5, 5.41) is 2.29. The quantitative estimate of drug-likeness (QED) is 0.398. The number of ether oxygens (including phenoxy) is 2. The van der Waals surface area contributed by atoms with Crippen molar-refractivity contribution in [3.05, 3.63) is 65.2 Å². The van der Waals surface area contributed by atoms with E-state index in [9.17, 15) is 9.59 Å². The molecule has 0 aromatic heterocycles. The average Bonchev–Trinajstić information content (AvgIpc) is 2.82. The van der Waals surface area contributed by atoms with E-state index in [0.29, 0.717) is 31.7 Å². The van der Waals surface area contributed by atoms with Crippen LogP contribution < -0.4 is 0 Å². The Bertz CT molecular complexity index is 1150. The summed E-state index contributed by atoms with van der Waals surface area (Å²) in [5.74, 6) is -0.338. The van der Waals surface area contributed by atoms with E-state index in [2.05, 4.69) is 30.3 Å². The van der Waals surface area contributed by atoms with Gasteiger partial charge in [0.25, 0.3) is 0 Å². The number of carbonyl (C=O) groups is 2. The molecule has 0 saturated heterocycles. The Labute approximate surface area is 186 Å². The maximum atomic E-state index is 12.7. The lowest BCUT2D eigenvalue weighted by atomic mass is 9.86. The van der Waals surface area contributed by atoms with Gasteiger partial charge >= 0.3 is 12.1 Å². The Morgan fingerprint density at radius 1 is 1.06 bits per heavy atom. The third-order valence-electron chi connectivity index (χ3n) is 5.71. The van der Waals surface area contributed by atoms with Crippen molar-refractivity contribution in [3.8, 4) is 11.1 Å². The predicted molar refractivity (Wildman–Crippen MR) is 124 cm³/mol. The van der Waals surface area contributed by atoms with Gasteiger partial charge in [0, 0.05) is 18.0 Å². The number of hydrogen-bond acceptors (Lipinski definition) is 5. The fraction of sp³-hybridized carbons (Fsp3) is 0.280. The largest absolute Gasteiger partial charge is 0.465 e. The molecule has 0 radical (unpaired) electrons. The van der Waals surface area contributed by atoms with Gasteiger partial charge in [-0.1, -0.05) is 42.5 Å². The Kier molecular flexibility index (Phi) is 6.18. The van der Waals surface area contributed by atoms with Crippen LogP contribution >= 0.6 is 11.8 Å². The van der Waals surface area contributed by atoms with Crippen molar-refractivity contribution in [2.45, 2.75) is 24.8 Å². The fourth-order valence-electron chi connectivity index (χ4n) is 4.28. The van der Waals surface area contributed by atoms with Gasteiger partial charge in [-0.05, 0) is 58.7 Å². The third kappa shape index (κ3) is 3.88. The van der Waals surface area contributed by atoms with Gasteiger partial charge in [-0.3, -0.25) is 0 Å². The van der Waals surface area contributed by atoms with Gasteiger partial charge in [0.1, 0.15) is 0 Å². The molecule has 0 spiro atoms. The molecule has 0 bridgehead atoms. The fourth-order valence-corrected chi connectivity index (χ4v) is 4.93. The normalized spacial score (nSPS) is 13.1. The van der Waals surface area contributed by atoms with Crippen LogP contribution in [0.1, 0.15) is 28.4 Å². The molecule has 1 aliphatic heterocycles. The van der Waals surface area contributed by atoms with Crippen molar-refractivity contribution < 1.29 is 19.1 Å². The Morgan fingerprint density at radius 3 is 2.58 bits per heavy atom. The van der Waals surface area contributed by atoms with Crippen LogP contribution in [0.3, 0.4) is 0 Å². The first-order chi connectivity index (χ1) is 15.1. The standard InChI is InChI=1S/C25H25NO4S/c1-4-30-25(28)26-13-12-19-21(15-26)20(14-22(31-3)23(19)24(27)29-2)18-11-7-9-16-8-5-6-10-17(16)18/h5-11,14H,4,12-13,15H2,1-3H3. The second-order valence-electron chi connectivity index (χ2n) is 7.35. The molecule has 31 heavy (non-hydrogen) atoms. The summed E-state index contributed by atoms with van der Waals surface area (Å²) in [6, 6.07) is 16.6. The molecule has 3 aromatic rings. The molecule has 1 heterocycles. The van der Waals surface area contributed by atoms with E-state index in [1.807, 2.05) is 24.5 Å². The molecule has 0 fully saturated rings. The molecule has 1 aliphatic rings. The molecule has 5 nitrogen and oxygen atoms in total. The van der Waals surface area contributed by atoms with E-state index in [1.165, 1.54) is 18.9 Å². The zero-order valence-electron chi connectivity index (χ0n) is 17.9. The molecule has 160 valence electrons. The highest BCUT2D eigenvalue weighted by Gasteiger charge is 2.30. The average molecular weight is 436 g/mol. The molecule has 1 amide bonds. The van der Waals surface area contributed by atoms with Crippen LogP contribution in [0.25, 0.3) is 21.9 Å². The molecular weight excluding hydrogens is 410 g/mol. The Balaban J connectivity index is 1.97. The van der Waals surface area contributed by atoms with Gasteiger partial charge in [0.05, 0.1) is 19.3 Å². The SMILES string of the molecule is CCOC(=O)N1CCc2c(c(-c3cccc4ccccc34)cc(SC)c2C(=O)OC)C1. The lowest BCUT2D eigenvalue weighted by Crippen LogP contribution is -2.37. The molecule has 0 unspecified atom stereocenters. The monoisotopic (exact) mass is 435 g/mol. The summed E-state index contributed by atoms with van der Waals surface area (Å²) < 4.78 is 10.4. The van der Waals surface area contributed by atoms with Gasteiger partial charge in [0.2, 0.25) is 0 Å². The van der Waals surface area contributed by atoms with Crippen molar-refractivity contribution in [1.29, 1.82) is 0 Å². The highest BCUT2D eigenvalue weighted by molar-refractivity contribution is 7.98. The maximum Gasteiger partial charge on any atom is 0.410 e. The second kappa shape index (κ2) is 9.02. The molecular formula is C25H25NO4S. The number of amides is 1. The van der Waals surface area contributed by atoms with Crippen LogP contribution in [0, 0.1) is 0 Å². The second-order valence-corrected chi connectivity index (χ2v) is 8.20. The van der Waals surface area contributed by atoms with Crippen molar-refractivity contribution >= 4 is 34.6 Å². The van der Waals surface area contributed by atoms with E-state index < -0.39 is 0 Å². The summed E-state index contributed by atoms with van der Waals surface area (Å²) in [4.78, 5) is 27.8. The van der Waals surface area contributed by atoms with E-state index in [4.69, 9.17) is 9.47 Å². The van der Waals surface area contributed by atoms with E-state index in [1.54, 1.807) is 11.8 Å². The number of nitrogens with zero attached hydrogens (tertiary/aromatic N) is 1. The van der Waals surface area contributed by atoms with Crippen molar-refractivity contribution in [2.75, 3.05) is 26.5 Å². The number of thioether (sulfide) groups is 1.